The van der Waals surface area contributed by atoms with Crippen molar-refractivity contribution in [1.29, 1.82) is 0 Å². The second-order valence-corrected chi connectivity index (χ2v) is 7.47. The van der Waals surface area contributed by atoms with E-state index >= 15 is 0 Å². The number of Topliss-reactive ketones (excluding diaryl/α,β-unsaturated/α-hetero) is 1. The molecule has 2 aromatic carbocycles. The molecular formula is C23H23FN2O4. The van der Waals surface area contributed by atoms with Crippen LogP contribution in [0.1, 0.15) is 30.5 Å². The maximum Gasteiger partial charge on any atom is 0.295 e. The van der Waals surface area contributed by atoms with Crippen LogP contribution in [0.5, 0.6) is 5.75 Å². The number of ketones is 1. The number of rotatable bonds is 4. The fourth-order valence-electron chi connectivity index (χ4n) is 4.03. The summed E-state index contributed by atoms with van der Waals surface area (Å²) in [5, 5.41) is 11.1. The van der Waals surface area contributed by atoms with Crippen molar-refractivity contribution in [3.05, 3.63) is 65.0 Å². The van der Waals surface area contributed by atoms with Crippen LogP contribution in [0.15, 0.2) is 48.0 Å². The standard InChI is InChI=1S/C23H23FN2O4/c1-3-10-26-20(15-6-4-5-7-16(15)24)19(22(28)23(26)29)21(27)14-8-9-18-17(13-14)25(2)11-12-30-18/h4-9,13,20,27H,3,10-12H2,1-2H3/b21-19+. The number of anilines is 1. The second kappa shape index (κ2) is 7.82. The molecule has 0 aromatic heterocycles. The van der Waals surface area contributed by atoms with Gasteiger partial charge < -0.3 is 19.6 Å². The van der Waals surface area contributed by atoms with E-state index in [-0.39, 0.29) is 23.4 Å². The van der Waals surface area contributed by atoms with Crippen LogP contribution in [-0.2, 0) is 9.59 Å². The van der Waals surface area contributed by atoms with E-state index in [0.29, 0.717) is 30.9 Å². The molecular weight excluding hydrogens is 387 g/mol. The minimum absolute atomic E-state index is 0.0992. The third-order valence-corrected chi connectivity index (χ3v) is 5.53. The Hall–Kier alpha value is -3.35. The highest BCUT2D eigenvalue weighted by molar-refractivity contribution is 6.46. The Bertz CT molecular complexity index is 1050. The van der Waals surface area contributed by atoms with Crippen LogP contribution < -0.4 is 9.64 Å². The quantitative estimate of drug-likeness (QED) is 0.475. The number of fused-ring (bicyclic) bond motifs is 1. The topological polar surface area (TPSA) is 70.1 Å². The van der Waals surface area contributed by atoms with Crippen molar-refractivity contribution in [3.8, 4) is 5.75 Å². The Balaban J connectivity index is 1.88. The molecule has 0 spiro atoms. The number of ether oxygens (including phenoxy) is 1. The van der Waals surface area contributed by atoms with Crippen LogP contribution in [-0.4, -0.2) is 48.4 Å². The molecule has 30 heavy (non-hydrogen) atoms. The molecule has 0 bridgehead atoms. The van der Waals surface area contributed by atoms with Gasteiger partial charge >= 0.3 is 0 Å². The van der Waals surface area contributed by atoms with Crippen molar-refractivity contribution < 1.29 is 23.8 Å². The molecule has 0 saturated carbocycles. The Morgan fingerprint density at radius 1 is 1.23 bits per heavy atom. The lowest BCUT2D eigenvalue weighted by molar-refractivity contribution is -0.139. The zero-order valence-corrected chi connectivity index (χ0v) is 16.9. The lowest BCUT2D eigenvalue weighted by atomic mass is 9.94. The van der Waals surface area contributed by atoms with Crippen LogP contribution in [0.2, 0.25) is 0 Å². The highest BCUT2D eigenvalue weighted by Gasteiger charge is 2.46. The molecule has 1 atom stereocenters. The molecule has 1 unspecified atom stereocenters. The van der Waals surface area contributed by atoms with E-state index in [4.69, 9.17) is 4.74 Å². The molecule has 156 valence electrons. The van der Waals surface area contributed by atoms with E-state index in [1.807, 2.05) is 18.9 Å². The van der Waals surface area contributed by atoms with Gasteiger partial charge in [0.15, 0.2) is 0 Å². The van der Waals surface area contributed by atoms with Gasteiger partial charge in [-0.25, -0.2) is 4.39 Å². The third kappa shape index (κ3) is 3.20. The summed E-state index contributed by atoms with van der Waals surface area (Å²) >= 11 is 0. The number of aliphatic hydroxyl groups excluding tert-OH is 1. The van der Waals surface area contributed by atoms with Crippen molar-refractivity contribution in [2.75, 3.05) is 31.6 Å². The van der Waals surface area contributed by atoms with Gasteiger partial charge in [-0.2, -0.15) is 0 Å². The first kappa shape index (κ1) is 19.9. The van der Waals surface area contributed by atoms with E-state index in [0.717, 1.165) is 5.69 Å². The number of amides is 1. The number of aliphatic hydroxyl groups is 1. The number of carbonyl (C=O) groups is 2. The minimum Gasteiger partial charge on any atom is -0.507 e. The van der Waals surface area contributed by atoms with Crippen molar-refractivity contribution in [2.45, 2.75) is 19.4 Å². The van der Waals surface area contributed by atoms with Gasteiger partial charge in [0.1, 0.15) is 23.9 Å². The highest BCUT2D eigenvalue weighted by atomic mass is 19.1. The van der Waals surface area contributed by atoms with Crippen LogP contribution in [0.25, 0.3) is 5.76 Å². The highest BCUT2D eigenvalue weighted by Crippen LogP contribution is 2.41. The van der Waals surface area contributed by atoms with Gasteiger partial charge in [0.25, 0.3) is 11.7 Å². The number of nitrogens with zero attached hydrogens (tertiary/aromatic N) is 2. The number of hydrogen-bond donors (Lipinski definition) is 1. The molecule has 2 aliphatic heterocycles. The average molecular weight is 410 g/mol. The normalized spacial score (nSPS) is 20.3. The van der Waals surface area contributed by atoms with Crippen LogP contribution in [0, 0.1) is 5.82 Å². The van der Waals surface area contributed by atoms with Crippen molar-refractivity contribution in [2.24, 2.45) is 0 Å². The summed E-state index contributed by atoms with van der Waals surface area (Å²) in [4.78, 5) is 28.9. The predicted molar refractivity (Wildman–Crippen MR) is 111 cm³/mol. The molecule has 7 heteroatoms. The number of halogens is 1. The summed E-state index contributed by atoms with van der Waals surface area (Å²) in [7, 11) is 1.91. The Labute approximate surface area is 174 Å². The zero-order valence-electron chi connectivity index (χ0n) is 16.9. The molecule has 1 saturated heterocycles. The summed E-state index contributed by atoms with van der Waals surface area (Å²) in [6.45, 7) is 3.40. The maximum atomic E-state index is 14.6. The summed E-state index contributed by atoms with van der Waals surface area (Å²) in [6.07, 6.45) is 0.596. The molecule has 1 amide bonds. The van der Waals surface area contributed by atoms with Crippen LogP contribution >= 0.6 is 0 Å². The number of likely N-dealkylation sites (tertiary alicyclic amines) is 1. The first-order valence-corrected chi connectivity index (χ1v) is 9.95. The minimum atomic E-state index is -0.976. The molecule has 0 aliphatic carbocycles. The van der Waals surface area contributed by atoms with Crippen molar-refractivity contribution in [3.63, 3.8) is 0 Å². The number of carbonyl (C=O) groups excluding carboxylic acids is 2. The number of hydrogen-bond acceptors (Lipinski definition) is 5. The molecule has 4 rings (SSSR count). The average Bonchev–Trinajstić information content (AvgIpc) is 2.99. The maximum absolute atomic E-state index is 14.6. The smallest absolute Gasteiger partial charge is 0.295 e. The first-order chi connectivity index (χ1) is 14.4. The predicted octanol–water partition coefficient (Wildman–Crippen LogP) is 3.49. The molecule has 2 aromatic rings. The second-order valence-electron chi connectivity index (χ2n) is 7.47. The zero-order chi connectivity index (χ0) is 21.4. The first-order valence-electron chi connectivity index (χ1n) is 9.95. The number of benzene rings is 2. The molecule has 6 nitrogen and oxygen atoms in total. The number of likely N-dealkylation sites (N-methyl/N-ethyl adjacent to an activating group) is 1. The van der Waals surface area contributed by atoms with E-state index in [9.17, 15) is 19.1 Å². The van der Waals surface area contributed by atoms with E-state index in [2.05, 4.69) is 0 Å². The molecule has 1 fully saturated rings. The third-order valence-electron chi connectivity index (χ3n) is 5.53. The Morgan fingerprint density at radius 2 is 2.00 bits per heavy atom. The van der Waals surface area contributed by atoms with Crippen molar-refractivity contribution in [1.82, 2.24) is 4.90 Å². The summed E-state index contributed by atoms with van der Waals surface area (Å²) in [6, 6.07) is 10.1. The molecule has 2 heterocycles. The van der Waals surface area contributed by atoms with Gasteiger partial charge in [0.05, 0.1) is 23.8 Å². The van der Waals surface area contributed by atoms with Gasteiger partial charge in [0, 0.05) is 24.7 Å². The molecule has 0 radical (unpaired) electrons. The van der Waals surface area contributed by atoms with E-state index in [1.165, 1.54) is 17.0 Å². The van der Waals surface area contributed by atoms with Gasteiger partial charge in [0.2, 0.25) is 0 Å². The van der Waals surface area contributed by atoms with Crippen LogP contribution in [0.3, 0.4) is 0 Å². The summed E-state index contributed by atoms with van der Waals surface area (Å²) in [5.41, 5.74) is 1.24. The fraction of sp³-hybridized carbons (Fsp3) is 0.304. The monoisotopic (exact) mass is 410 g/mol. The van der Waals surface area contributed by atoms with Gasteiger partial charge in [-0.1, -0.05) is 25.1 Å². The largest absolute Gasteiger partial charge is 0.507 e. The lowest BCUT2D eigenvalue weighted by Crippen LogP contribution is -2.30. The SMILES string of the molecule is CCCN1C(=O)C(=O)/C(=C(/O)c2ccc3c(c2)N(C)CCO3)C1c1ccccc1F. The van der Waals surface area contributed by atoms with Crippen LogP contribution in [0.4, 0.5) is 10.1 Å². The van der Waals surface area contributed by atoms with Gasteiger partial charge in [-0.05, 0) is 30.7 Å². The van der Waals surface area contributed by atoms with E-state index < -0.39 is 23.5 Å². The van der Waals surface area contributed by atoms with Crippen molar-refractivity contribution >= 4 is 23.1 Å². The molecule has 2 aliphatic rings. The Morgan fingerprint density at radius 3 is 2.73 bits per heavy atom. The fourth-order valence-corrected chi connectivity index (χ4v) is 4.03. The van der Waals surface area contributed by atoms with E-state index in [1.54, 1.807) is 30.3 Å². The van der Waals surface area contributed by atoms with Gasteiger partial charge in [-0.3, -0.25) is 9.59 Å². The summed E-state index contributed by atoms with van der Waals surface area (Å²) < 4.78 is 20.3. The van der Waals surface area contributed by atoms with Gasteiger partial charge in [-0.15, -0.1) is 0 Å². The lowest BCUT2D eigenvalue weighted by Gasteiger charge is -2.28. The molecule has 1 N–H and O–H groups in total. The summed E-state index contributed by atoms with van der Waals surface area (Å²) in [5.74, 6) is -1.71. The Kier molecular flexibility index (Phi) is 5.20.